The number of rotatable bonds is 3. The summed E-state index contributed by atoms with van der Waals surface area (Å²) in [6, 6.07) is 4.35. The Bertz CT molecular complexity index is 1060. The molecule has 1 aliphatic heterocycles. The number of anilines is 1. The number of aromatic nitrogens is 2. The monoisotopic (exact) mass is 371 g/mol. The number of likely N-dealkylation sites (tertiary alicyclic amines) is 1. The summed E-state index contributed by atoms with van der Waals surface area (Å²) in [7, 11) is 0. The lowest BCUT2D eigenvalue weighted by atomic mass is 10.0. The van der Waals surface area contributed by atoms with Crippen molar-refractivity contribution in [3.63, 3.8) is 0 Å². The van der Waals surface area contributed by atoms with Crippen LogP contribution in [0.2, 0.25) is 0 Å². The summed E-state index contributed by atoms with van der Waals surface area (Å²) in [5, 5.41) is 13.6. The molecule has 0 aliphatic carbocycles. The Kier molecular flexibility index (Phi) is 4.06. The molecule has 3 aromatic rings. The second kappa shape index (κ2) is 6.42. The van der Waals surface area contributed by atoms with Gasteiger partial charge in [0, 0.05) is 36.2 Å². The van der Waals surface area contributed by atoms with E-state index in [2.05, 4.69) is 15.3 Å². The number of fused-ring (bicyclic) bond motifs is 3. The van der Waals surface area contributed by atoms with Crippen LogP contribution in [0, 0.1) is 5.82 Å². The van der Waals surface area contributed by atoms with E-state index in [4.69, 9.17) is 10.8 Å². The van der Waals surface area contributed by atoms with Crippen molar-refractivity contribution in [1.82, 2.24) is 14.9 Å². The van der Waals surface area contributed by atoms with Gasteiger partial charge in [0.05, 0.1) is 16.5 Å². The van der Waals surface area contributed by atoms with Gasteiger partial charge in [-0.25, -0.2) is 14.2 Å². The molecule has 27 heavy (non-hydrogen) atoms. The molecule has 0 saturated carbocycles. The minimum absolute atomic E-state index is 0.0224. The minimum Gasteiger partial charge on any atom is -0.465 e. The lowest BCUT2D eigenvalue weighted by molar-refractivity contribution is 0.100. The third-order valence-corrected chi connectivity index (χ3v) is 4.96. The molecule has 2 amide bonds. The average Bonchev–Trinajstić information content (AvgIpc) is 3.01. The van der Waals surface area contributed by atoms with E-state index in [1.165, 1.54) is 23.2 Å². The predicted octanol–water partition coefficient (Wildman–Crippen LogP) is 2.51. The second-order valence-electron chi connectivity index (χ2n) is 6.64. The van der Waals surface area contributed by atoms with Gasteiger partial charge >= 0.3 is 6.09 Å². The van der Waals surface area contributed by atoms with Crippen LogP contribution in [0.3, 0.4) is 0 Å². The summed E-state index contributed by atoms with van der Waals surface area (Å²) in [5.74, 6) is -0.505. The number of aromatic amines is 1. The molecule has 1 saturated heterocycles. The fraction of sp³-hybridized carbons (Fsp3) is 0.278. The molecule has 0 atom stereocenters. The van der Waals surface area contributed by atoms with Gasteiger partial charge in [0.2, 0.25) is 0 Å². The normalized spacial score (nSPS) is 15.4. The van der Waals surface area contributed by atoms with Crippen molar-refractivity contribution in [2.45, 2.75) is 18.9 Å². The number of primary amides is 1. The van der Waals surface area contributed by atoms with Crippen molar-refractivity contribution in [2.24, 2.45) is 5.73 Å². The van der Waals surface area contributed by atoms with Crippen LogP contribution in [0.4, 0.5) is 15.0 Å². The SMILES string of the molecule is NC(=O)c1cnc(NC2CCN(C(=O)O)CC2)c2c1[nH]c1ccc(F)cc12. The Morgan fingerprint density at radius 3 is 2.74 bits per heavy atom. The van der Waals surface area contributed by atoms with Crippen molar-refractivity contribution < 1.29 is 19.1 Å². The van der Waals surface area contributed by atoms with Crippen molar-refractivity contribution >= 4 is 39.6 Å². The Morgan fingerprint density at radius 2 is 2.07 bits per heavy atom. The molecule has 8 nitrogen and oxygen atoms in total. The largest absolute Gasteiger partial charge is 0.465 e. The molecule has 140 valence electrons. The number of pyridine rings is 1. The zero-order valence-corrected chi connectivity index (χ0v) is 14.3. The van der Waals surface area contributed by atoms with E-state index in [1.54, 1.807) is 6.07 Å². The topological polar surface area (TPSA) is 124 Å². The summed E-state index contributed by atoms with van der Waals surface area (Å²) in [5.41, 5.74) is 6.86. The highest BCUT2D eigenvalue weighted by Crippen LogP contribution is 2.33. The zero-order valence-electron chi connectivity index (χ0n) is 14.3. The van der Waals surface area contributed by atoms with Crippen LogP contribution in [0.15, 0.2) is 24.4 Å². The van der Waals surface area contributed by atoms with Crippen LogP contribution in [0.1, 0.15) is 23.2 Å². The van der Waals surface area contributed by atoms with E-state index in [0.29, 0.717) is 53.6 Å². The third kappa shape index (κ3) is 3.01. The number of benzene rings is 1. The molecule has 5 N–H and O–H groups in total. The van der Waals surface area contributed by atoms with Gasteiger partial charge in [0.25, 0.3) is 5.91 Å². The predicted molar refractivity (Wildman–Crippen MR) is 98.3 cm³/mol. The van der Waals surface area contributed by atoms with Gasteiger partial charge in [-0.05, 0) is 31.0 Å². The van der Waals surface area contributed by atoms with E-state index < -0.39 is 17.8 Å². The van der Waals surface area contributed by atoms with E-state index in [-0.39, 0.29) is 11.6 Å². The number of carbonyl (C=O) groups is 2. The Morgan fingerprint density at radius 1 is 1.33 bits per heavy atom. The summed E-state index contributed by atoms with van der Waals surface area (Å²) >= 11 is 0. The fourth-order valence-electron chi connectivity index (χ4n) is 3.58. The second-order valence-corrected chi connectivity index (χ2v) is 6.64. The average molecular weight is 371 g/mol. The quantitative estimate of drug-likeness (QED) is 0.563. The molecule has 4 rings (SSSR count). The molecule has 1 aromatic carbocycles. The first-order valence-corrected chi connectivity index (χ1v) is 8.58. The maximum atomic E-state index is 13.8. The molecule has 9 heteroatoms. The first-order chi connectivity index (χ1) is 12.9. The maximum absolute atomic E-state index is 13.8. The van der Waals surface area contributed by atoms with Gasteiger partial charge in [0.1, 0.15) is 11.6 Å². The number of amides is 2. The van der Waals surface area contributed by atoms with Gasteiger partial charge in [-0.1, -0.05) is 0 Å². The van der Waals surface area contributed by atoms with Crippen LogP contribution in [-0.2, 0) is 0 Å². The summed E-state index contributed by atoms with van der Waals surface area (Å²) in [4.78, 5) is 31.7. The molecular weight excluding hydrogens is 353 g/mol. The number of nitrogens with two attached hydrogens (primary N) is 1. The van der Waals surface area contributed by atoms with E-state index in [0.717, 1.165) is 0 Å². The third-order valence-electron chi connectivity index (χ3n) is 4.96. The van der Waals surface area contributed by atoms with E-state index in [1.807, 2.05) is 0 Å². The number of halogens is 1. The number of nitrogens with zero attached hydrogens (tertiary/aromatic N) is 2. The van der Waals surface area contributed by atoms with Crippen molar-refractivity contribution in [3.05, 3.63) is 35.8 Å². The Hall–Kier alpha value is -3.36. The molecule has 0 radical (unpaired) electrons. The molecule has 1 fully saturated rings. The molecule has 0 bridgehead atoms. The van der Waals surface area contributed by atoms with Crippen LogP contribution < -0.4 is 11.1 Å². The lowest BCUT2D eigenvalue weighted by Crippen LogP contribution is -2.41. The lowest BCUT2D eigenvalue weighted by Gasteiger charge is -2.30. The number of carboxylic acid groups (broad SMARTS) is 1. The number of nitrogens with one attached hydrogen (secondary N) is 2. The van der Waals surface area contributed by atoms with Crippen LogP contribution in [0.5, 0.6) is 0 Å². The van der Waals surface area contributed by atoms with Crippen molar-refractivity contribution in [1.29, 1.82) is 0 Å². The summed E-state index contributed by atoms with van der Waals surface area (Å²) in [6.45, 7) is 0.857. The highest BCUT2D eigenvalue weighted by Gasteiger charge is 2.24. The molecule has 0 spiro atoms. The number of carbonyl (C=O) groups excluding carboxylic acids is 1. The molecule has 3 heterocycles. The summed E-state index contributed by atoms with van der Waals surface area (Å²) < 4.78 is 13.8. The first kappa shape index (κ1) is 17.1. The summed E-state index contributed by atoms with van der Waals surface area (Å²) in [6.07, 6.45) is 1.73. The van der Waals surface area contributed by atoms with Gasteiger partial charge < -0.3 is 26.0 Å². The van der Waals surface area contributed by atoms with Crippen molar-refractivity contribution in [2.75, 3.05) is 18.4 Å². The van der Waals surface area contributed by atoms with Gasteiger partial charge in [-0.15, -0.1) is 0 Å². The minimum atomic E-state index is -0.924. The molecule has 0 unspecified atom stereocenters. The Balaban J connectivity index is 1.76. The van der Waals surface area contributed by atoms with Crippen LogP contribution >= 0.6 is 0 Å². The number of hydrogen-bond donors (Lipinski definition) is 4. The highest BCUT2D eigenvalue weighted by molar-refractivity contribution is 6.18. The number of H-pyrrole nitrogens is 1. The van der Waals surface area contributed by atoms with Crippen LogP contribution in [0.25, 0.3) is 21.8 Å². The van der Waals surface area contributed by atoms with E-state index >= 15 is 0 Å². The number of piperidine rings is 1. The number of hydrogen-bond acceptors (Lipinski definition) is 4. The molecule has 2 aromatic heterocycles. The first-order valence-electron chi connectivity index (χ1n) is 8.58. The highest BCUT2D eigenvalue weighted by atomic mass is 19.1. The molecular formula is C18H18FN5O3. The van der Waals surface area contributed by atoms with E-state index in [9.17, 15) is 14.0 Å². The fourth-order valence-corrected chi connectivity index (χ4v) is 3.58. The van der Waals surface area contributed by atoms with Crippen molar-refractivity contribution in [3.8, 4) is 0 Å². The maximum Gasteiger partial charge on any atom is 0.407 e. The Labute approximate surface area is 153 Å². The van der Waals surface area contributed by atoms with Crippen LogP contribution in [-0.4, -0.2) is 51.1 Å². The van der Waals surface area contributed by atoms with Gasteiger partial charge in [0.15, 0.2) is 0 Å². The molecule has 1 aliphatic rings. The standard InChI is InChI=1S/C18H18FN5O3/c19-9-1-2-13-11(7-9)14-15(23-13)12(16(20)25)8-21-17(14)22-10-3-5-24(6-4-10)18(26)27/h1-2,7-8,10,23H,3-6H2,(H2,20,25)(H,21,22)(H,26,27). The smallest absolute Gasteiger partial charge is 0.407 e. The van der Waals surface area contributed by atoms with Gasteiger partial charge in [-0.2, -0.15) is 0 Å². The van der Waals surface area contributed by atoms with Gasteiger partial charge in [-0.3, -0.25) is 4.79 Å². The zero-order chi connectivity index (χ0) is 19.1.